The summed E-state index contributed by atoms with van der Waals surface area (Å²) in [7, 11) is 0. The van der Waals surface area contributed by atoms with Crippen LogP contribution in [0.15, 0.2) is 18.3 Å². The maximum atomic E-state index is 9.94. The number of aliphatic hydroxyl groups is 1. The van der Waals surface area contributed by atoms with Gasteiger partial charge in [0.05, 0.1) is 6.61 Å². The number of rotatable bonds is 7. The lowest BCUT2D eigenvalue weighted by Gasteiger charge is -2.26. The van der Waals surface area contributed by atoms with E-state index in [2.05, 4.69) is 45.3 Å². The predicted octanol–water partition coefficient (Wildman–Crippen LogP) is 3.20. The molecular weight excluding hydrogens is 328 g/mol. The summed E-state index contributed by atoms with van der Waals surface area (Å²) in [4.78, 5) is 11.4. The SMILES string of the molecule is CCCC1(CO)CC(C)N(c2nccc(Nc3cc(C4CC4)[nH]n3)n2)C1. The molecule has 3 heterocycles. The summed E-state index contributed by atoms with van der Waals surface area (Å²) >= 11 is 0. The highest BCUT2D eigenvalue weighted by Gasteiger charge is 2.42. The number of aliphatic hydroxyl groups excluding tert-OH is 1. The molecule has 2 fully saturated rings. The number of aromatic amines is 1. The van der Waals surface area contributed by atoms with Crippen molar-refractivity contribution >= 4 is 17.6 Å². The standard InChI is InChI=1S/C19H28N6O/c1-3-7-19(12-26)10-13(2)25(11-19)18-20-8-6-16(22-18)21-17-9-15(23-24-17)14-4-5-14/h6,8-9,13-14,26H,3-5,7,10-12H2,1-2H3,(H2,20,21,22,23,24). The zero-order valence-electron chi connectivity index (χ0n) is 15.6. The molecule has 0 radical (unpaired) electrons. The molecule has 1 saturated heterocycles. The van der Waals surface area contributed by atoms with Gasteiger partial charge in [-0.25, -0.2) is 4.98 Å². The van der Waals surface area contributed by atoms with Crippen LogP contribution < -0.4 is 10.2 Å². The van der Waals surface area contributed by atoms with Crippen molar-refractivity contribution in [2.24, 2.45) is 5.41 Å². The van der Waals surface area contributed by atoms with Crippen LogP contribution in [0.4, 0.5) is 17.6 Å². The molecule has 1 aliphatic carbocycles. The number of hydrogen-bond acceptors (Lipinski definition) is 6. The van der Waals surface area contributed by atoms with Gasteiger partial charge in [0.1, 0.15) is 5.82 Å². The fourth-order valence-corrected chi connectivity index (χ4v) is 4.18. The normalized spacial score (nSPS) is 25.7. The summed E-state index contributed by atoms with van der Waals surface area (Å²) in [5.41, 5.74) is 1.16. The van der Waals surface area contributed by atoms with Crippen LogP contribution in [0.2, 0.25) is 0 Å². The Kier molecular flexibility index (Phi) is 4.56. The lowest BCUT2D eigenvalue weighted by atomic mass is 9.82. The Bertz CT molecular complexity index is 758. The molecule has 1 aliphatic heterocycles. The third-order valence-corrected chi connectivity index (χ3v) is 5.65. The van der Waals surface area contributed by atoms with Crippen molar-refractivity contribution in [3.8, 4) is 0 Å². The zero-order chi connectivity index (χ0) is 18.1. The lowest BCUT2D eigenvalue weighted by Crippen LogP contribution is -2.32. The van der Waals surface area contributed by atoms with Crippen molar-refractivity contribution in [2.75, 3.05) is 23.4 Å². The van der Waals surface area contributed by atoms with Crippen molar-refractivity contribution in [1.82, 2.24) is 20.2 Å². The number of H-pyrrole nitrogens is 1. The van der Waals surface area contributed by atoms with Crippen LogP contribution in [0.25, 0.3) is 0 Å². The molecule has 0 aromatic carbocycles. The van der Waals surface area contributed by atoms with Gasteiger partial charge in [0.15, 0.2) is 5.82 Å². The molecule has 7 nitrogen and oxygen atoms in total. The smallest absolute Gasteiger partial charge is 0.227 e. The van der Waals surface area contributed by atoms with Gasteiger partial charge in [-0.1, -0.05) is 13.3 Å². The predicted molar refractivity (Wildman–Crippen MR) is 102 cm³/mol. The number of hydrogen-bond donors (Lipinski definition) is 3. The van der Waals surface area contributed by atoms with Gasteiger partial charge >= 0.3 is 0 Å². The van der Waals surface area contributed by atoms with Crippen LogP contribution in [-0.4, -0.2) is 44.5 Å². The number of anilines is 3. The van der Waals surface area contributed by atoms with Crippen LogP contribution in [0, 0.1) is 5.41 Å². The summed E-state index contributed by atoms with van der Waals surface area (Å²) in [5.74, 6) is 2.90. The minimum absolute atomic E-state index is 0.0394. The third kappa shape index (κ3) is 3.40. The molecule has 2 aliphatic rings. The minimum atomic E-state index is -0.0394. The van der Waals surface area contributed by atoms with E-state index in [0.29, 0.717) is 17.9 Å². The molecule has 0 amide bonds. The summed E-state index contributed by atoms with van der Waals surface area (Å²) in [5, 5.41) is 20.7. The van der Waals surface area contributed by atoms with Crippen molar-refractivity contribution in [3.63, 3.8) is 0 Å². The Morgan fingerprint density at radius 1 is 1.38 bits per heavy atom. The van der Waals surface area contributed by atoms with Gasteiger partial charge in [0.25, 0.3) is 0 Å². The molecule has 1 saturated carbocycles. The number of nitrogens with one attached hydrogen (secondary N) is 2. The van der Waals surface area contributed by atoms with Gasteiger partial charge in [0.2, 0.25) is 5.95 Å². The molecule has 26 heavy (non-hydrogen) atoms. The quantitative estimate of drug-likeness (QED) is 0.706. The van der Waals surface area contributed by atoms with E-state index in [1.165, 1.54) is 18.5 Å². The van der Waals surface area contributed by atoms with E-state index in [-0.39, 0.29) is 12.0 Å². The Hall–Kier alpha value is -2.15. The maximum absolute atomic E-state index is 9.94. The van der Waals surface area contributed by atoms with Crippen molar-refractivity contribution < 1.29 is 5.11 Å². The fraction of sp³-hybridized carbons (Fsp3) is 0.632. The Morgan fingerprint density at radius 2 is 2.23 bits per heavy atom. The highest BCUT2D eigenvalue weighted by atomic mass is 16.3. The van der Waals surface area contributed by atoms with Crippen LogP contribution in [0.5, 0.6) is 0 Å². The molecule has 4 rings (SSSR count). The second-order valence-corrected chi connectivity index (χ2v) is 7.94. The Morgan fingerprint density at radius 3 is 2.96 bits per heavy atom. The van der Waals surface area contributed by atoms with Crippen molar-refractivity contribution in [1.29, 1.82) is 0 Å². The van der Waals surface area contributed by atoms with Gasteiger partial charge in [-0.2, -0.15) is 10.1 Å². The molecule has 2 aromatic heterocycles. The average molecular weight is 356 g/mol. The molecule has 0 spiro atoms. The van der Waals surface area contributed by atoms with Gasteiger partial charge in [-0.05, 0) is 38.7 Å². The third-order valence-electron chi connectivity index (χ3n) is 5.65. The molecule has 0 bridgehead atoms. The fourth-order valence-electron chi connectivity index (χ4n) is 4.18. The first-order chi connectivity index (χ1) is 12.6. The van der Waals surface area contributed by atoms with E-state index in [4.69, 9.17) is 4.98 Å². The summed E-state index contributed by atoms with van der Waals surface area (Å²) in [6.45, 7) is 5.38. The second kappa shape index (κ2) is 6.87. The van der Waals surface area contributed by atoms with Crippen molar-refractivity contribution in [3.05, 3.63) is 24.0 Å². The second-order valence-electron chi connectivity index (χ2n) is 7.94. The Balaban J connectivity index is 1.49. The van der Waals surface area contributed by atoms with E-state index in [1.54, 1.807) is 6.20 Å². The molecule has 2 aromatic rings. The molecule has 7 heteroatoms. The Labute approximate surface area is 154 Å². The van der Waals surface area contributed by atoms with Gasteiger partial charge in [-0.3, -0.25) is 5.10 Å². The minimum Gasteiger partial charge on any atom is -0.396 e. The van der Waals surface area contributed by atoms with Gasteiger partial charge < -0.3 is 15.3 Å². The first kappa shape index (κ1) is 17.3. The molecule has 140 valence electrons. The first-order valence-corrected chi connectivity index (χ1v) is 9.65. The van der Waals surface area contributed by atoms with E-state index >= 15 is 0 Å². The van der Waals surface area contributed by atoms with Crippen LogP contribution in [-0.2, 0) is 0 Å². The highest BCUT2D eigenvalue weighted by molar-refractivity contribution is 5.54. The van der Waals surface area contributed by atoms with Gasteiger partial charge in [0, 0.05) is 41.9 Å². The summed E-state index contributed by atoms with van der Waals surface area (Å²) in [6.07, 6.45) is 7.35. The number of aromatic nitrogens is 4. The van der Waals surface area contributed by atoms with Crippen LogP contribution in [0.1, 0.15) is 57.6 Å². The first-order valence-electron chi connectivity index (χ1n) is 9.65. The molecule has 3 N–H and O–H groups in total. The molecule has 2 unspecified atom stereocenters. The van der Waals surface area contributed by atoms with E-state index in [9.17, 15) is 5.11 Å². The number of nitrogens with zero attached hydrogens (tertiary/aromatic N) is 4. The average Bonchev–Trinajstić information content (AvgIpc) is 3.30. The topological polar surface area (TPSA) is 90.0 Å². The van der Waals surface area contributed by atoms with E-state index in [1.807, 2.05) is 6.07 Å². The van der Waals surface area contributed by atoms with Gasteiger partial charge in [-0.15, -0.1) is 0 Å². The lowest BCUT2D eigenvalue weighted by molar-refractivity contribution is 0.131. The van der Waals surface area contributed by atoms with E-state index < -0.39 is 0 Å². The summed E-state index contributed by atoms with van der Waals surface area (Å²) in [6, 6.07) is 4.24. The zero-order valence-corrected chi connectivity index (χ0v) is 15.6. The largest absolute Gasteiger partial charge is 0.396 e. The molecule has 2 atom stereocenters. The van der Waals surface area contributed by atoms with Crippen LogP contribution >= 0.6 is 0 Å². The molecular formula is C19H28N6O. The van der Waals surface area contributed by atoms with E-state index in [0.717, 1.165) is 37.4 Å². The maximum Gasteiger partial charge on any atom is 0.227 e. The van der Waals surface area contributed by atoms with Crippen LogP contribution in [0.3, 0.4) is 0 Å². The monoisotopic (exact) mass is 356 g/mol. The summed E-state index contributed by atoms with van der Waals surface area (Å²) < 4.78 is 0. The highest BCUT2D eigenvalue weighted by Crippen LogP contribution is 2.41. The van der Waals surface area contributed by atoms with Crippen molar-refractivity contribution in [2.45, 2.75) is 57.9 Å².